The van der Waals surface area contributed by atoms with Gasteiger partial charge in [-0.1, -0.05) is 0 Å². The Bertz CT molecular complexity index is 498. The first-order valence-electron chi connectivity index (χ1n) is 4.86. The molecule has 0 N–H and O–H groups in total. The number of pyridine rings is 1. The fourth-order valence-corrected chi connectivity index (χ4v) is 1.41. The number of methoxy groups -OCH3 is 2. The van der Waals surface area contributed by atoms with E-state index in [2.05, 4.69) is 9.72 Å². The lowest BCUT2D eigenvalue weighted by Gasteiger charge is -2.11. The highest BCUT2D eigenvalue weighted by Crippen LogP contribution is 2.30. The van der Waals surface area contributed by atoms with Crippen LogP contribution in [0.25, 0.3) is 0 Å². The first kappa shape index (κ1) is 13.8. The summed E-state index contributed by atoms with van der Waals surface area (Å²) in [6.45, 7) is 0. The van der Waals surface area contributed by atoms with Crippen molar-refractivity contribution in [2.24, 2.45) is 0 Å². The summed E-state index contributed by atoms with van der Waals surface area (Å²) in [7, 11) is 2.42. The molecule has 7 heteroatoms. The molecular formula is C11H10F2N2O3. The summed E-state index contributed by atoms with van der Waals surface area (Å²) in [6, 6.07) is 1.61. The van der Waals surface area contributed by atoms with Crippen LogP contribution in [-0.2, 0) is 16.0 Å². The number of esters is 1. The number of hydrogen-bond acceptors (Lipinski definition) is 5. The van der Waals surface area contributed by atoms with Crippen molar-refractivity contribution in [3.8, 4) is 11.8 Å². The minimum atomic E-state index is -2.89. The lowest BCUT2D eigenvalue weighted by Crippen LogP contribution is -2.09. The van der Waals surface area contributed by atoms with Crippen molar-refractivity contribution in [3.63, 3.8) is 0 Å². The summed E-state index contributed by atoms with van der Waals surface area (Å²) in [6.07, 6.45) is -2.01. The second-order valence-electron chi connectivity index (χ2n) is 3.24. The van der Waals surface area contributed by atoms with E-state index in [0.29, 0.717) is 0 Å². The number of aromatic nitrogens is 1. The molecule has 0 aliphatic carbocycles. The Morgan fingerprint density at radius 1 is 1.56 bits per heavy atom. The monoisotopic (exact) mass is 256 g/mol. The molecule has 1 aromatic heterocycles. The molecule has 18 heavy (non-hydrogen) atoms. The molecule has 0 saturated heterocycles. The first-order chi connectivity index (χ1) is 8.54. The smallest absolute Gasteiger partial charge is 0.310 e. The quantitative estimate of drug-likeness (QED) is 0.765. The molecule has 0 aliphatic heterocycles. The molecule has 0 saturated carbocycles. The maximum atomic E-state index is 12.6. The summed E-state index contributed by atoms with van der Waals surface area (Å²) >= 11 is 0. The predicted octanol–water partition coefficient (Wildman–Crippen LogP) is 1.61. The van der Waals surface area contributed by atoms with E-state index in [1.54, 1.807) is 6.07 Å². The molecule has 0 spiro atoms. The number of nitrogens with zero attached hydrogens (tertiary/aromatic N) is 2. The molecule has 0 aromatic carbocycles. The maximum absolute atomic E-state index is 12.6. The highest BCUT2D eigenvalue weighted by atomic mass is 19.3. The third-order valence-electron chi connectivity index (χ3n) is 2.22. The number of nitriles is 1. The van der Waals surface area contributed by atoms with Crippen LogP contribution in [0.1, 0.15) is 23.2 Å². The summed E-state index contributed by atoms with van der Waals surface area (Å²) in [4.78, 5) is 14.6. The van der Waals surface area contributed by atoms with Crippen LogP contribution >= 0.6 is 0 Å². The number of ether oxygens (including phenoxy) is 2. The molecule has 0 fully saturated rings. The van der Waals surface area contributed by atoms with E-state index in [9.17, 15) is 13.6 Å². The van der Waals surface area contributed by atoms with Crippen molar-refractivity contribution in [3.05, 3.63) is 23.0 Å². The minimum Gasteiger partial charge on any atom is -0.495 e. The second-order valence-corrected chi connectivity index (χ2v) is 3.24. The average Bonchev–Trinajstić information content (AvgIpc) is 2.37. The van der Waals surface area contributed by atoms with Gasteiger partial charge in [0.25, 0.3) is 6.43 Å². The number of halogens is 2. The Balaban J connectivity index is 3.31. The molecule has 0 radical (unpaired) electrons. The van der Waals surface area contributed by atoms with Gasteiger partial charge in [0.15, 0.2) is 0 Å². The zero-order valence-electron chi connectivity index (χ0n) is 9.74. The molecule has 1 rings (SSSR count). The Labute approximate surface area is 102 Å². The van der Waals surface area contributed by atoms with E-state index in [-0.39, 0.29) is 23.3 Å². The van der Waals surface area contributed by atoms with Crippen LogP contribution in [0.2, 0.25) is 0 Å². The van der Waals surface area contributed by atoms with Gasteiger partial charge >= 0.3 is 5.97 Å². The van der Waals surface area contributed by atoms with Crippen LogP contribution < -0.4 is 4.74 Å². The molecule has 0 unspecified atom stereocenters. The molecule has 0 aliphatic rings. The molecule has 0 atom stereocenters. The fraction of sp³-hybridized carbons (Fsp3) is 0.364. The number of carbonyl (C=O) groups excluding carboxylic acids is 1. The number of alkyl halides is 2. The van der Waals surface area contributed by atoms with Crippen molar-refractivity contribution in [1.29, 1.82) is 5.26 Å². The Hall–Kier alpha value is -2.23. The third kappa shape index (κ3) is 2.71. The van der Waals surface area contributed by atoms with E-state index in [1.807, 2.05) is 0 Å². The standard InChI is InChI=1S/C11H10F2N2O3/c1-17-8(16)3-6-5-15-9(11(12)13)7(4-14)10(6)18-2/h5,11H,3H2,1-2H3. The van der Waals surface area contributed by atoms with Gasteiger partial charge in [-0.2, -0.15) is 5.26 Å². The second kappa shape index (κ2) is 5.91. The zero-order chi connectivity index (χ0) is 13.7. The first-order valence-corrected chi connectivity index (χ1v) is 4.86. The number of hydrogen-bond donors (Lipinski definition) is 0. The minimum absolute atomic E-state index is 0.0757. The predicted molar refractivity (Wildman–Crippen MR) is 56.2 cm³/mol. The topological polar surface area (TPSA) is 72.2 Å². The van der Waals surface area contributed by atoms with Gasteiger partial charge in [-0.25, -0.2) is 8.78 Å². The van der Waals surface area contributed by atoms with E-state index >= 15 is 0 Å². The molecular weight excluding hydrogens is 246 g/mol. The van der Waals surface area contributed by atoms with E-state index in [0.717, 1.165) is 6.20 Å². The third-order valence-corrected chi connectivity index (χ3v) is 2.22. The molecule has 1 heterocycles. The van der Waals surface area contributed by atoms with Crippen LogP contribution in [0, 0.1) is 11.3 Å². The fourth-order valence-electron chi connectivity index (χ4n) is 1.41. The average molecular weight is 256 g/mol. The SMILES string of the molecule is COC(=O)Cc1cnc(C(F)F)c(C#N)c1OC. The van der Waals surface area contributed by atoms with Crippen molar-refractivity contribution in [2.75, 3.05) is 14.2 Å². The Morgan fingerprint density at radius 3 is 2.67 bits per heavy atom. The van der Waals surface area contributed by atoms with Crippen LogP contribution in [0.3, 0.4) is 0 Å². The van der Waals surface area contributed by atoms with Crippen molar-refractivity contribution in [2.45, 2.75) is 12.8 Å². The van der Waals surface area contributed by atoms with Crippen LogP contribution in [-0.4, -0.2) is 25.2 Å². The maximum Gasteiger partial charge on any atom is 0.310 e. The van der Waals surface area contributed by atoms with E-state index in [1.165, 1.54) is 14.2 Å². The lowest BCUT2D eigenvalue weighted by molar-refractivity contribution is -0.139. The summed E-state index contributed by atoms with van der Waals surface area (Å²) in [5.41, 5.74) is -0.804. The number of rotatable bonds is 4. The van der Waals surface area contributed by atoms with Gasteiger partial charge in [0, 0.05) is 11.8 Å². The van der Waals surface area contributed by atoms with Crippen molar-refractivity contribution < 1.29 is 23.0 Å². The zero-order valence-corrected chi connectivity index (χ0v) is 9.74. The summed E-state index contributed by atoms with van der Waals surface area (Å²) in [5, 5.41) is 8.88. The molecule has 1 aromatic rings. The normalized spacial score (nSPS) is 10.0. The van der Waals surface area contributed by atoms with Gasteiger partial charge in [0.05, 0.1) is 20.6 Å². The largest absolute Gasteiger partial charge is 0.495 e. The van der Waals surface area contributed by atoms with Crippen LogP contribution in [0.5, 0.6) is 5.75 Å². The molecule has 5 nitrogen and oxygen atoms in total. The lowest BCUT2D eigenvalue weighted by atomic mass is 10.1. The summed E-state index contributed by atoms with van der Waals surface area (Å²) < 4.78 is 34.6. The van der Waals surface area contributed by atoms with Crippen molar-refractivity contribution in [1.82, 2.24) is 4.98 Å². The van der Waals surface area contributed by atoms with Gasteiger partial charge < -0.3 is 9.47 Å². The molecule has 0 amide bonds. The van der Waals surface area contributed by atoms with Crippen LogP contribution in [0.15, 0.2) is 6.20 Å². The van der Waals surface area contributed by atoms with Gasteiger partial charge in [-0.05, 0) is 0 Å². The highest BCUT2D eigenvalue weighted by Gasteiger charge is 2.22. The van der Waals surface area contributed by atoms with E-state index in [4.69, 9.17) is 10.00 Å². The molecule has 96 valence electrons. The van der Waals surface area contributed by atoms with Gasteiger partial charge in [0.1, 0.15) is 23.1 Å². The van der Waals surface area contributed by atoms with E-state index < -0.39 is 18.1 Å². The van der Waals surface area contributed by atoms with Gasteiger partial charge in [-0.15, -0.1) is 0 Å². The summed E-state index contributed by atoms with van der Waals surface area (Å²) in [5.74, 6) is -0.656. The van der Waals surface area contributed by atoms with Gasteiger partial charge in [0.2, 0.25) is 0 Å². The van der Waals surface area contributed by atoms with Crippen molar-refractivity contribution >= 4 is 5.97 Å². The van der Waals surface area contributed by atoms with Crippen LogP contribution in [0.4, 0.5) is 8.78 Å². The Morgan fingerprint density at radius 2 is 2.22 bits per heavy atom. The Kier molecular flexibility index (Phi) is 4.54. The molecule has 0 bridgehead atoms. The van der Waals surface area contributed by atoms with Gasteiger partial charge in [-0.3, -0.25) is 9.78 Å². The highest BCUT2D eigenvalue weighted by molar-refractivity contribution is 5.74. The number of carbonyl (C=O) groups is 1.